The van der Waals surface area contributed by atoms with Crippen molar-refractivity contribution >= 4 is 17.2 Å². The molecule has 1 unspecified atom stereocenters. The number of hydrogen-bond acceptors (Lipinski definition) is 3. The van der Waals surface area contributed by atoms with E-state index in [1.165, 1.54) is 4.88 Å². The molecule has 0 radical (unpaired) electrons. The van der Waals surface area contributed by atoms with Gasteiger partial charge in [0, 0.05) is 36.9 Å². The Morgan fingerprint density at radius 2 is 2.47 bits per heavy atom. The number of thiophene rings is 1. The normalized spacial score (nSPS) is 21.3. The molecule has 0 aliphatic carbocycles. The van der Waals surface area contributed by atoms with Crippen LogP contribution in [-0.2, 0) is 11.2 Å². The van der Waals surface area contributed by atoms with E-state index in [0.717, 1.165) is 19.5 Å². The van der Waals surface area contributed by atoms with Crippen molar-refractivity contribution in [2.75, 3.05) is 19.7 Å². The van der Waals surface area contributed by atoms with E-state index < -0.39 is 0 Å². The van der Waals surface area contributed by atoms with Gasteiger partial charge in [0.25, 0.3) is 0 Å². The minimum atomic E-state index is 0.126. The van der Waals surface area contributed by atoms with Gasteiger partial charge in [0.1, 0.15) is 0 Å². The molecule has 15 heavy (non-hydrogen) atoms. The van der Waals surface area contributed by atoms with Gasteiger partial charge in [-0.3, -0.25) is 4.79 Å². The van der Waals surface area contributed by atoms with Crippen molar-refractivity contribution in [2.24, 2.45) is 5.92 Å². The predicted molar refractivity (Wildman–Crippen MR) is 59.8 cm³/mol. The SMILES string of the molecule is O=C1CC(CO)CN1CCc1cccs1. The summed E-state index contributed by atoms with van der Waals surface area (Å²) in [4.78, 5) is 14.7. The first-order valence-electron chi connectivity index (χ1n) is 5.20. The number of aliphatic hydroxyl groups is 1. The molecular weight excluding hydrogens is 210 g/mol. The van der Waals surface area contributed by atoms with Crippen molar-refractivity contribution in [3.63, 3.8) is 0 Å². The number of nitrogens with zero attached hydrogens (tertiary/aromatic N) is 1. The molecule has 0 spiro atoms. The Morgan fingerprint density at radius 3 is 3.07 bits per heavy atom. The topological polar surface area (TPSA) is 40.5 Å². The van der Waals surface area contributed by atoms with Crippen LogP contribution in [-0.4, -0.2) is 35.6 Å². The van der Waals surface area contributed by atoms with Crippen LogP contribution < -0.4 is 0 Å². The van der Waals surface area contributed by atoms with Crippen LogP contribution in [0.5, 0.6) is 0 Å². The monoisotopic (exact) mass is 225 g/mol. The van der Waals surface area contributed by atoms with Crippen LogP contribution in [0.2, 0.25) is 0 Å². The lowest BCUT2D eigenvalue weighted by molar-refractivity contribution is -0.127. The van der Waals surface area contributed by atoms with Crippen LogP contribution in [0.4, 0.5) is 0 Å². The number of carbonyl (C=O) groups excluding carboxylic acids is 1. The minimum Gasteiger partial charge on any atom is -0.396 e. The fourth-order valence-electron chi connectivity index (χ4n) is 1.89. The average Bonchev–Trinajstić information content (AvgIpc) is 2.84. The predicted octanol–water partition coefficient (Wildman–Crippen LogP) is 1.13. The van der Waals surface area contributed by atoms with Gasteiger partial charge < -0.3 is 10.0 Å². The van der Waals surface area contributed by atoms with Gasteiger partial charge >= 0.3 is 0 Å². The van der Waals surface area contributed by atoms with Crippen molar-refractivity contribution in [2.45, 2.75) is 12.8 Å². The maximum Gasteiger partial charge on any atom is 0.223 e. The van der Waals surface area contributed by atoms with Crippen molar-refractivity contribution in [3.8, 4) is 0 Å². The molecule has 0 bridgehead atoms. The van der Waals surface area contributed by atoms with Crippen molar-refractivity contribution in [3.05, 3.63) is 22.4 Å². The Morgan fingerprint density at radius 1 is 1.60 bits per heavy atom. The summed E-state index contributed by atoms with van der Waals surface area (Å²) < 4.78 is 0. The lowest BCUT2D eigenvalue weighted by Gasteiger charge is -2.15. The summed E-state index contributed by atoms with van der Waals surface area (Å²) in [6.45, 7) is 1.64. The van der Waals surface area contributed by atoms with Crippen molar-refractivity contribution in [1.82, 2.24) is 4.90 Å². The summed E-state index contributed by atoms with van der Waals surface area (Å²) in [5, 5.41) is 11.0. The molecule has 4 heteroatoms. The van der Waals surface area contributed by atoms with Gasteiger partial charge in [-0.15, -0.1) is 11.3 Å². The molecule has 0 saturated carbocycles. The van der Waals surface area contributed by atoms with Gasteiger partial charge in [0.2, 0.25) is 5.91 Å². The van der Waals surface area contributed by atoms with E-state index in [9.17, 15) is 4.79 Å². The van der Waals surface area contributed by atoms with Crippen molar-refractivity contribution in [1.29, 1.82) is 0 Å². The van der Waals surface area contributed by atoms with Crippen LogP contribution >= 0.6 is 11.3 Å². The van der Waals surface area contributed by atoms with Gasteiger partial charge in [-0.1, -0.05) is 6.07 Å². The number of carbonyl (C=O) groups is 1. The Labute approximate surface area is 93.3 Å². The number of rotatable bonds is 4. The molecule has 1 N–H and O–H groups in total. The van der Waals surface area contributed by atoms with Gasteiger partial charge in [-0.2, -0.15) is 0 Å². The van der Waals surface area contributed by atoms with Gasteiger partial charge in [-0.05, 0) is 17.9 Å². The summed E-state index contributed by atoms with van der Waals surface area (Å²) >= 11 is 1.73. The number of likely N-dealkylation sites (tertiary alicyclic amines) is 1. The maximum atomic E-state index is 11.5. The number of aliphatic hydroxyl groups excluding tert-OH is 1. The lowest BCUT2D eigenvalue weighted by Crippen LogP contribution is -2.27. The van der Waals surface area contributed by atoms with Crippen LogP contribution in [0.15, 0.2) is 17.5 Å². The van der Waals surface area contributed by atoms with E-state index in [-0.39, 0.29) is 18.4 Å². The molecule has 1 aromatic rings. The molecular formula is C11H15NO2S. The molecule has 1 aliphatic heterocycles. The second-order valence-electron chi connectivity index (χ2n) is 3.92. The third-order valence-corrected chi connectivity index (χ3v) is 3.70. The van der Waals surface area contributed by atoms with E-state index in [2.05, 4.69) is 11.4 Å². The minimum absolute atomic E-state index is 0.126. The smallest absolute Gasteiger partial charge is 0.223 e. The standard InChI is InChI=1S/C11H15NO2S/c13-8-9-6-11(14)12(7-9)4-3-10-2-1-5-15-10/h1-2,5,9,13H,3-4,6-8H2. The van der Waals surface area contributed by atoms with E-state index in [4.69, 9.17) is 5.11 Å². The Bertz CT molecular complexity index is 323. The maximum absolute atomic E-state index is 11.5. The fraction of sp³-hybridized carbons (Fsp3) is 0.545. The van der Waals surface area contributed by atoms with Gasteiger partial charge in [0.15, 0.2) is 0 Å². The molecule has 82 valence electrons. The van der Waals surface area contributed by atoms with Crippen LogP contribution in [0.3, 0.4) is 0 Å². The molecule has 1 amide bonds. The molecule has 1 aliphatic rings. The highest BCUT2D eigenvalue weighted by molar-refractivity contribution is 7.09. The molecule has 0 aromatic carbocycles. The number of hydrogen-bond donors (Lipinski definition) is 1. The second kappa shape index (κ2) is 4.77. The summed E-state index contributed by atoms with van der Waals surface area (Å²) in [5.41, 5.74) is 0. The van der Waals surface area contributed by atoms with E-state index in [0.29, 0.717) is 6.42 Å². The Hall–Kier alpha value is -0.870. The second-order valence-corrected chi connectivity index (χ2v) is 4.95. The molecule has 2 rings (SSSR count). The molecule has 1 atom stereocenters. The Kier molecular flexibility index (Phi) is 3.38. The highest BCUT2D eigenvalue weighted by Gasteiger charge is 2.28. The highest BCUT2D eigenvalue weighted by Crippen LogP contribution is 2.18. The molecule has 1 aromatic heterocycles. The third-order valence-electron chi connectivity index (χ3n) is 2.76. The lowest BCUT2D eigenvalue weighted by atomic mass is 10.1. The van der Waals surface area contributed by atoms with Crippen LogP contribution in [0.1, 0.15) is 11.3 Å². The molecule has 1 saturated heterocycles. The van der Waals surface area contributed by atoms with Crippen LogP contribution in [0, 0.1) is 5.92 Å². The van der Waals surface area contributed by atoms with Crippen molar-refractivity contribution < 1.29 is 9.90 Å². The zero-order valence-electron chi connectivity index (χ0n) is 8.56. The van der Waals surface area contributed by atoms with Gasteiger partial charge in [-0.25, -0.2) is 0 Å². The highest BCUT2D eigenvalue weighted by atomic mass is 32.1. The number of amides is 1. The van der Waals surface area contributed by atoms with E-state index >= 15 is 0 Å². The molecule has 3 nitrogen and oxygen atoms in total. The fourth-order valence-corrected chi connectivity index (χ4v) is 2.59. The first-order valence-corrected chi connectivity index (χ1v) is 6.08. The zero-order valence-corrected chi connectivity index (χ0v) is 9.37. The molecule has 1 fully saturated rings. The Balaban J connectivity index is 1.83. The van der Waals surface area contributed by atoms with Crippen LogP contribution in [0.25, 0.3) is 0 Å². The first-order chi connectivity index (χ1) is 7.29. The first kappa shape index (κ1) is 10.6. The van der Waals surface area contributed by atoms with E-state index in [1.807, 2.05) is 11.0 Å². The largest absolute Gasteiger partial charge is 0.396 e. The van der Waals surface area contributed by atoms with Gasteiger partial charge in [0.05, 0.1) is 0 Å². The summed E-state index contributed by atoms with van der Waals surface area (Å²) in [7, 11) is 0. The summed E-state index contributed by atoms with van der Waals surface area (Å²) in [6, 6.07) is 4.12. The van der Waals surface area contributed by atoms with E-state index in [1.54, 1.807) is 11.3 Å². The summed E-state index contributed by atoms with van der Waals surface area (Å²) in [6.07, 6.45) is 1.45. The summed E-state index contributed by atoms with van der Waals surface area (Å²) in [5.74, 6) is 0.339. The third kappa shape index (κ3) is 2.58. The molecule has 2 heterocycles. The average molecular weight is 225 g/mol. The zero-order chi connectivity index (χ0) is 10.7. The quantitative estimate of drug-likeness (QED) is 0.834.